The molecule has 1 rings (SSSR count). The molecule has 0 aliphatic carbocycles. The Hall–Kier alpha value is -0.510. The van der Waals surface area contributed by atoms with Crippen molar-refractivity contribution in [2.75, 3.05) is 0 Å². The van der Waals surface area contributed by atoms with Gasteiger partial charge in [0.1, 0.15) is 11.5 Å². The van der Waals surface area contributed by atoms with Gasteiger partial charge in [0.05, 0.1) is 13.1 Å². The van der Waals surface area contributed by atoms with Gasteiger partial charge in [-0.25, -0.2) is 0 Å². The van der Waals surface area contributed by atoms with Crippen LogP contribution in [-0.4, -0.2) is 0 Å². The average Bonchev–Trinajstić information content (AvgIpc) is 2.34. The van der Waals surface area contributed by atoms with E-state index in [1.54, 1.807) is 0 Å². The number of rotatable bonds is 2. The third kappa shape index (κ3) is 2.02. The molecule has 1 aromatic rings. The first-order chi connectivity index (χ1) is 4.36. The molecule has 0 aliphatic rings. The molecular weight excluding hydrogens is 152 g/mol. The molecule has 0 amide bonds. The molecule has 0 radical (unpaired) electrons. The van der Waals surface area contributed by atoms with E-state index in [1.807, 2.05) is 12.1 Å². The predicted octanol–water partition coefficient (Wildman–Crippen LogP) is 0.619. The maximum atomic E-state index is 5.28. The van der Waals surface area contributed by atoms with Gasteiger partial charge in [-0.15, -0.1) is 12.4 Å². The summed E-state index contributed by atoms with van der Waals surface area (Å²) < 4.78 is 5.13. The van der Waals surface area contributed by atoms with Crippen molar-refractivity contribution in [3.8, 4) is 0 Å². The summed E-state index contributed by atoms with van der Waals surface area (Å²) in [5.74, 6) is 1.57. The molecule has 0 atom stereocenters. The first-order valence-electron chi connectivity index (χ1n) is 2.84. The SMILES string of the molecule is Cl.NCc1ccc(CN)o1. The van der Waals surface area contributed by atoms with E-state index in [2.05, 4.69) is 0 Å². The Morgan fingerprint density at radius 3 is 1.70 bits per heavy atom. The number of halogens is 1. The highest BCUT2D eigenvalue weighted by atomic mass is 35.5. The van der Waals surface area contributed by atoms with E-state index in [-0.39, 0.29) is 12.4 Å². The second-order valence-electron chi connectivity index (χ2n) is 1.78. The van der Waals surface area contributed by atoms with Crippen molar-refractivity contribution in [3.63, 3.8) is 0 Å². The standard InChI is InChI=1S/C6H10N2O.ClH/c7-3-5-1-2-6(4-8)9-5;/h1-2H,3-4,7-8H2;1H. The van der Waals surface area contributed by atoms with Crippen molar-refractivity contribution < 1.29 is 4.42 Å². The number of hydrogen-bond acceptors (Lipinski definition) is 3. The largest absolute Gasteiger partial charge is 0.463 e. The van der Waals surface area contributed by atoms with Crippen LogP contribution >= 0.6 is 12.4 Å². The molecule has 0 saturated carbocycles. The molecule has 0 spiro atoms. The lowest BCUT2D eigenvalue weighted by Gasteiger charge is -1.87. The highest BCUT2D eigenvalue weighted by Gasteiger charge is 1.95. The molecular formula is C6H11ClN2O. The van der Waals surface area contributed by atoms with Gasteiger partial charge in [-0.1, -0.05) is 0 Å². The third-order valence-corrected chi connectivity index (χ3v) is 1.12. The molecule has 0 aromatic carbocycles. The van der Waals surface area contributed by atoms with Crippen LogP contribution in [0.5, 0.6) is 0 Å². The van der Waals surface area contributed by atoms with Crippen LogP contribution in [0, 0.1) is 0 Å². The van der Waals surface area contributed by atoms with Gasteiger partial charge >= 0.3 is 0 Å². The second-order valence-corrected chi connectivity index (χ2v) is 1.78. The molecule has 0 saturated heterocycles. The lowest BCUT2D eigenvalue weighted by Crippen LogP contribution is -1.95. The summed E-state index contributed by atoms with van der Waals surface area (Å²) in [6.07, 6.45) is 0. The highest BCUT2D eigenvalue weighted by molar-refractivity contribution is 5.85. The van der Waals surface area contributed by atoms with Gasteiger partial charge < -0.3 is 15.9 Å². The van der Waals surface area contributed by atoms with Gasteiger partial charge in [0.2, 0.25) is 0 Å². The number of furan rings is 1. The van der Waals surface area contributed by atoms with Gasteiger partial charge in [0.25, 0.3) is 0 Å². The fourth-order valence-corrected chi connectivity index (χ4v) is 0.642. The van der Waals surface area contributed by atoms with E-state index in [4.69, 9.17) is 15.9 Å². The molecule has 1 aromatic heterocycles. The Kier molecular flexibility index (Phi) is 4.11. The Balaban J connectivity index is 0.000000810. The Labute approximate surface area is 65.8 Å². The van der Waals surface area contributed by atoms with Gasteiger partial charge in [-0.2, -0.15) is 0 Å². The monoisotopic (exact) mass is 162 g/mol. The fraction of sp³-hybridized carbons (Fsp3) is 0.333. The minimum Gasteiger partial charge on any atom is -0.463 e. The van der Waals surface area contributed by atoms with E-state index < -0.39 is 0 Å². The molecule has 1 heterocycles. The number of nitrogens with two attached hydrogens (primary N) is 2. The Bertz CT molecular complexity index is 169. The Morgan fingerprint density at radius 2 is 1.50 bits per heavy atom. The van der Waals surface area contributed by atoms with Crippen molar-refractivity contribution in [2.24, 2.45) is 11.5 Å². The number of hydrogen-bond donors (Lipinski definition) is 2. The maximum absolute atomic E-state index is 5.28. The molecule has 10 heavy (non-hydrogen) atoms. The minimum atomic E-state index is 0. The van der Waals surface area contributed by atoms with Crippen LogP contribution < -0.4 is 11.5 Å². The summed E-state index contributed by atoms with van der Waals surface area (Å²) >= 11 is 0. The molecule has 0 unspecified atom stereocenters. The molecule has 3 nitrogen and oxygen atoms in total. The zero-order chi connectivity index (χ0) is 6.69. The molecule has 58 valence electrons. The molecule has 0 aliphatic heterocycles. The zero-order valence-electron chi connectivity index (χ0n) is 5.54. The van der Waals surface area contributed by atoms with Crippen LogP contribution in [0.3, 0.4) is 0 Å². The summed E-state index contributed by atoms with van der Waals surface area (Å²) in [6.45, 7) is 0.889. The van der Waals surface area contributed by atoms with E-state index >= 15 is 0 Å². The van der Waals surface area contributed by atoms with Crippen molar-refractivity contribution in [2.45, 2.75) is 13.1 Å². The second kappa shape index (κ2) is 4.33. The summed E-state index contributed by atoms with van der Waals surface area (Å²) in [7, 11) is 0. The van der Waals surface area contributed by atoms with Crippen LogP contribution in [-0.2, 0) is 13.1 Å². The summed E-state index contributed by atoms with van der Waals surface area (Å²) in [4.78, 5) is 0. The van der Waals surface area contributed by atoms with E-state index in [1.165, 1.54) is 0 Å². The first kappa shape index (κ1) is 9.49. The highest BCUT2D eigenvalue weighted by Crippen LogP contribution is 2.04. The van der Waals surface area contributed by atoms with Crippen LogP contribution in [0.25, 0.3) is 0 Å². The topological polar surface area (TPSA) is 65.2 Å². The van der Waals surface area contributed by atoms with Gasteiger partial charge in [-0.3, -0.25) is 0 Å². The smallest absolute Gasteiger partial charge is 0.117 e. The molecule has 0 fully saturated rings. The molecule has 4 heteroatoms. The van der Waals surface area contributed by atoms with E-state index in [0.717, 1.165) is 11.5 Å². The lowest BCUT2D eigenvalue weighted by molar-refractivity contribution is 0.468. The van der Waals surface area contributed by atoms with Crippen molar-refractivity contribution in [1.82, 2.24) is 0 Å². The fourth-order valence-electron chi connectivity index (χ4n) is 0.642. The van der Waals surface area contributed by atoms with Gasteiger partial charge in [-0.05, 0) is 12.1 Å². The summed E-state index contributed by atoms with van der Waals surface area (Å²) in [5, 5.41) is 0. The van der Waals surface area contributed by atoms with Crippen LogP contribution in [0.2, 0.25) is 0 Å². The lowest BCUT2D eigenvalue weighted by atomic mass is 10.4. The van der Waals surface area contributed by atoms with E-state index in [9.17, 15) is 0 Å². The summed E-state index contributed by atoms with van der Waals surface area (Å²) in [5.41, 5.74) is 10.6. The average molecular weight is 163 g/mol. The normalized spacial score (nSPS) is 9.00. The first-order valence-corrected chi connectivity index (χ1v) is 2.84. The minimum absolute atomic E-state index is 0. The third-order valence-electron chi connectivity index (χ3n) is 1.12. The van der Waals surface area contributed by atoms with Gasteiger partial charge in [0, 0.05) is 0 Å². The molecule has 4 N–H and O–H groups in total. The Morgan fingerprint density at radius 1 is 1.10 bits per heavy atom. The van der Waals surface area contributed by atoms with Crippen LogP contribution in [0.15, 0.2) is 16.5 Å². The van der Waals surface area contributed by atoms with Crippen LogP contribution in [0.1, 0.15) is 11.5 Å². The van der Waals surface area contributed by atoms with Gasteiger partial charge in [0.15, 0.2) is 0 Å². The zero-order valence-corrected chi connectivity index (χ0v) is 6.36. The van der Waals surface area contributed by atoms with E-state index in [0.29, 0.717) is 13.1 Å². The quantitative estimate of drug-likeness (QED) is 0.670. The van der Waals surface area contributed by atoms with Crippen molar-refractivity contribution in [1.29, 1.82) is 0 Å². The van der Waals surface area contributed by atoms with Crippen molar-refractivity contribution >= 4 is 12.4 Å². The summed E-state index contributed by atoms with van der Waals surface area (Å²) in [6, 6.07) is 3.67. The van der Waals surface area contributed by atoms with Crippen molar-refractivity contribution in [3.05, 3.63) is 23.7 Å². The predicted molar refractivity (Wildman–Crippen MR) is 41.7 cm³/mol. The maximum Gasteiger partial charge on any atom is 0.117 e. The van der Waals surface area contributed by atoms with Crippen LogP contribution in [0.4, 0.5) is 0 Å². The molecule has 0 bridgehead atoms.